The Hall–Kier alpha value is 0.270. The van der Waals surface area contributed by atoms with Crippen LogP contribution < -0.4 is 5.32 Å². The van der Waals surface area contributed by atoms with Crippen molar-refractivity contribution in [2.75, 3.05) is 31.6 Å². The maximum atomic E-state index is 3.51. The summed E-state index contributed by atoms with van der Waals surface area (Å²) in [6.07, 6.45) is 5.55. The highest BCUT2D eigenvalue weighted by molar-refractivity contribution is 7.99. The van der Waals surface area contributed by atoms with Crippen LogP contribution in [0.2, 0.25) is 0 Å². The van der Waals surface area contributed by atoms with Gasteiger partial charge in [0.1, 0.15) is 0 Å². The van der Waals surface area contributed by atoms with Crippen molar-refractivity contribution in [2.24, 2.45) is 0 Å². The number of nitrogens with zero attached hydrogens (tertiary/aromatic N) is 1. The SMILES string of the molecule is CN(C1CCSCC1)C1CCCNC1. The second-order valence-electron chi connectivity index (χ2n) is 4.51. The van der Waals surface area contributed by atoms with Gasteiger partial charge in [0.2, 0.25) is 0 Å². The molecule has 0 saturated carbocycles. The fraction of sp³-hybridized carbons (Fsp3) is 1.00. The van der Waals surface area contributed by atoms with Gasteiger partial charge < -0.3 is 5.32 Å². The number of likely N-dealkylation sites (N-methyl/N-ethyl adjacent to an activating group) is 1. The number of hydrogen-bond acceptors (Lipinski definition) is 3. The first-order chi connectivity index (χ1) is 6.88. The van der Waals surface area contributed by atoms with Gasteiger partial charge in [0.15, 0.2) is 0 Å². The molecule has 1 atom stereocenters. The lowest BCUT2D eigenvalue weighted by molar-refractivity contribution is 0.139. The van der Waals surface area contributed by atoms with E-state index in [1.54, 1.807) is 0 Å². The van der Waals surface area contributed by atoms with Gasteiger partial charge in [-0.1, -0.05) is 0 Å². The van der Waals surface area contributed by atoms with E-state index in [-0.39, 0.29) is 0 Å². The molecule has 1 unspecified atom stereocenters. The number of piperidine rings is 1. The van der Waals surface area contributed by atoms with E-state index >= 15 is 0 Å². The average molecular weight is 214 g/mol. The second-order valence-corrected chi connectivity index (χ2v) is 5.73. The Balaban J connectivity index is 1.82. The lowest BCUT2D eigenvalue weighted by Gasteiger charge is -2.39. The third kappa shape index (κ3) is 2.65. The molecule has 2 saturated heterocycles. The molecule has 0 spiro atoms. The van der Waals surface area contributed by atoms with Crippen molar-refractivity contribution in [3.05, 3.63) is 0 Å². The molecule has 0 amide bonds. The second kappa shape index (κ2) is 5.38. The summed E-state index contributed by atoms with van der Waals surface area (Å²) < 4.78 is 0. The monoisotopic (exact) mass is 214 g/mol. The fourth-order valence-corrected chi connectivity index (χ4v) is 3.65. The normalized spacial score (nSPS) is 30.9. The first-order valence-electron chi connectivity index (χ1n) is 5.88. The molecule has 0 aliphatic carbocycles. The minimum absolute atomic E-state index is 0.803. The van der Waals surface area contributed by atoms with Crippen LogP contribution in [0, 0.1) is 0 Å². The summed E-state index contributed by atoms with van der Waals surface area (Å²) in [6.45, 7) is 2.44. The molecule has 14 heavy (non-hydrogen) atoms. The zero-order valence-corrected chi connectivity index (χ0v) is 9.98. The van der Waals surface area contributed by atoms with E-state index in [2.05, 4.69) is 29.0 Å². The number of nitrogens with one attached hydrogen (secondary N) is 1. The quantitative estimate of drug-likeness (QED) is 0.751. The lowest BCUT2D eigenvalue weighted by atomic mass is 10.0. The van der Waals surface area contributed by atoms with Crippen LogP contribution in [-0.4, -0.2) is 48.6 Å². The number of thioether (sulfide) groups is 1. The Morgan fingerprint density at radius 3 is 2.57 bits per heavy atom. The van der Waals surface area contributed by atoms with Crippen molar-refractivity contribution in [2.45, 2.75) is 37.8 Å². The Labute approximate surface area is 91.8 Å². The van der Waals surface area contributed by atoms with E-state index in [1.807, 2.05) is 0 Å². The largest absolute Gasteiger partial charge is 0.315 e. The lowest BCUT2D eigenvalue weighted by Crippen LogP contribution is -2.49. The van der Waals surface area contributed by atoms with Crippen LogP contribution in [-0.2, 0) is 0 Å². The zero-order valence-electron chi connectivity index (χ0n) is 9.17. The van der Waals surface area contributed by atoms with E-state index in [1.165, 1.54) is 50.3 Å². The van der Waals surface area contributed by atoms with Crippen molar-refractivity contribution in [1.29, 1.82) is 0 Å². The molecule has 0 aromatic rings. The molecule has 0 bridgehead atoms. The minimum atomic E-state index is 0.803. The van der Waals surface area contributed by atoms with Crippen molar-refractivity contribution in [3.8, 4) is 0 Å². The molecule has 2 rings (SSSR count). The molecule has 2 heterocycles. The van der Waals surface area contributed by atoms with Crippen LogP contribution in [0.5, 0.6) is 0 Å². The van der Waals surface area contributed by atoms with E-state index in [4.69, 9.17) is 0 Å². The summed E-state index contributed by atoms with van der Waals surface area (Å²) >= 11 is 2.12. The standard InChI is InChI=1S/C11H22N2S/c1-13(10-4-7-14-8-5-10)11-3-2-6-12-9-11/h10-12H,2-9H2,1H3. The summed E-state index contributed by atoms with van der Waals surface area (Å²) in [5.74, 6) is 2.74. The van der Waals surface area contributed by atoms with E-state index in [0.717, 1.165) is 12.1 Å². The van der Waals surface area contributed by atoms with Gasteiger partial charge in [-0.05, 0) is 50.8 Å². The molecular weight excluding hydrogens is 192 g/mol. The maximum absolute atomic E-state index is 3.51. The molecule has 2 aliphatic rings. The van der Waals surface area contributed by atoms with Crippen LogP contribution >= 0.6 is 11.8 Å². The average Bonchev–Trinajstić information content (AvgIpc) is 2.30. The van der Waals surface area contributed by atoms with Gasteiger partial charge in [0.25, 0.3) is 0 Å². The van der Waals surface area contributed by atoms with E-state index < -0.39 is 0 Å². The number of rotatable bonds is 2. The van der Waals surface area contributed by atoms with Gasteiger partial charge in [-0.2, -0.15) is 11.8 Å². The van der Waals surface area contributed by atoms with Crippen LogP contribution in [0.15, 0.2) is 0 Å². The summed E-state index contributed by atoms with van der Waals surface area (Å²) in [5, 5.41) is 3.51. The van der Waals surface area contributed by atoms with Crippen LogP contribution in [0.1, 0.15) is 25.7 Å². The highest BCUT2D eigenvalue weighted by Gasteiger charge is 2.25. The summed E-state index contributed by atoms with van der Waals surface area (Å²) in [6, 6.07) is 1.66. The van der Waals surface area contributed by atoms with Crippen molar-refractivity contribution in [1.82, 2.24) is 10.2 Å². The smallest absolute Gasteiger partial charge is 0.0221 e. The Morgan fingerprint density at radius 2 is 1.93 bits per heavy atom. The number of hydrogen-bond donors (Lipinski definition) is 1. The van der Waals surface area contributed by atoms with Crippen LogP contribution in [0.3, 0.4) is 0 Å². The minimum Gasteiger partial charge on any atom is -0.315 e. The Morgan fingerprint density at radius 1 is 1.14 bits per heavy atom. The van der Waals surface area contributed by atoms with Gasteiger partial charge in [-0.3, -0.25) is 4.90 Å². The molecule has 2 fully saturated rings. The first-order valence-corrected chi connectivity index (χ1v) is 7.04. The highest BCUT2D eigenvalue weighted by Crippen LogP contribution is 2.23. The molecule has 82 valence electrons. The predicted molar refractivity (Wildman–Crippen MR) is 64.0 cm³/mol. The molecule has 0 aromatic carbocycles. The van der Waals surface area contributed by atoms with E-state index in [9.17, 15) is 0 Å². The summed E-state index contributed by atoms with van der Waals surface area (Å²) in [5.41, 5.74) is 0. The third-order valence-corrected chi connectivity index (χ3v) is 4.66. The van der Waals surface area contributed by atoms with Gasteiger partial charge in [-0.25, -0.2) is 0 Å². The first kappa shape index (κ1) is 10.8. The topological polar surface area (TPSA) is 15.3 Å². The molecule has 0 radical (unpaired) electrons. The third-order valence-electron chi connectivity index (χ3n) is 3.61. The van der Waals surface area contributed by atoms with Gasteiger partial charge in [0.05, 0.1) is 0 Å². The van der Waals surface area contributed by atoms with Crippen molar-refractivity contribution >= 4 is 11.8 Å². The molecule has 2 aliphatic heterocycles. The van der Waals surface area contributed by atoms with Crippen LogP contribution in [0.4, 0.5) is 0 Å². The Bertz CT molecular complexity index is 145. The van der Waals surface area contributed by atoms with E-state index in [0.29, 0.717) is 0 Å². The molecule has 2 nitrogen and oxygen atoms in total. The van der Waals surface area contributed by atoms with Crippen LogP contribution in [0.25, 0.3) is 0 Å². The van der Waals surface area contributed by atoms with Gasteiger partial charge in [0, 0.05) is 18.6 Å². The van der Waals surface area contributed by atoms with Crippen molar-refractivity contribution < 1.29 is 0 Å². The highest BCUT2D eigenvalue weighted by atomic mass is 32.2. The molecule has 0 aromatic heterocycles. The Kier molecular flexibility index (Phi) is 4.14. The molecular formula is C11H22N2S. The molecule has 3 heteroatoms. The predicted octanol–water partition coefficient (Wildman–Crippen LogP) is 1.57. The maximum Gasteiger partial charge on any atom is 0.0221 e. The zero-order chi connectivity index (χ0) is 9.80. The van der Waals surface area contributed by atoms with Gasteiger partial charge >= 0.3 is 0 Å². The van der Waals surface area contributed by atoms with Gasteiger partial charge in [-0.15, -0.1) is 0 Å². The fourth-order valence-electron chi connectivity index (χ4n) is 2.57. The van der Waals surface area contributed by atoms with Crippen molar-refractivity contribution in [3.63, 3.8) is 0 Å². The summed E-state index contributed by atoms with van der Waals surface area (Å²) in [7, 11) is 2.33. The summed E-state index contributed by atoms with van der Waals surface area (Å²) in [4.78, 5) is 2.64. The molecule has 1 N–H and O–H groups in total.